The minimum atomic E-state index is -0.767. The minimum absolute atomic E-state index is 0.133. The average Bonchev–Trinajstić information content (AvgIpc) is 3.49. The second-order valence-electron chi connectivity index (χ2n) is 11.6. The van der Waals surface area contributed by atoms with E-state index >= 15 is 0 Å². The molecule has 3 heterocycles. The van der Waals surface area contributed by atoms with Crippen molar-refractivity contribution in [3.8, 4) is 0 Å². The van der Waals surface area contributed by atoms with E-state index < -0.39 is 6.09 Å². The molecule has 2 aliphatic heterocycles. The van der Waals surface area contributed by atoms with Crippen molar-refractivity contribution < 1.29 is 13.9 Å². The van der Waals surface area contributed by atoms with Crippen molar-refractivity contribution in [1.29, 1.82) is 0 Å². The maximum absolute atomic E-state index is 14.4. The number of fused-ring (bicyclic) bond motifs is 1. The van der Waals surface area contributed by atoms with E-state index in [-0.39, 0.29) is 12.4 Å². The Morgan fingerprint density at radius 2 is 1.72 bits per heavy atom. The predicted octanol–water partition coefficient (Wildman–Crippen LogP) is 5.82. The number of likely N-dealkylation sites (tertiary alicyclic amines) is 2. The normalized spacial score (nSPS) is 24.7. The highest BCUT2D eigenvalue weighted by Gasteiger charge is 2.32. The fraction of sp³-hybridized carbons (Fsp3) is 0.690. The quantitative estimate of drug-likeness (QED) is 0.522. The van der Waals surface area contributed by atoms with Crippen molar-refractivity contribution in [2.75, 3.05) is 26.2 Å². The molecule has 0 bridgehead atoms. The maximum Gasteiger partial charge on any atom is 0.404 e. The third-order valence-electron chi connectivity index (χ3n) is 9.18. The van der Waals surface area contributed by atoms with E-state index in [9.17, 15) is 9.18 Å². The molecule has 2 saturated heterocycles. The number of aromatic nitrogens is 1. The lowest BCUT2D eigenvalue weighted by Crippen LogP contribution is -2.44. The summed E-state index contributed by atoms with van der Waals surface area (Å²) < 4.78 is 22.1. The number of halogens is 1. The summed E-state index contributed by atoms with van der Waals surface area (Å²) in [5.41, 5.74) is 8.50. The van der Waals surface area contributed by atoms with Gasteiger partial charge < -0.3 is 19.9 Å². The van der Waals surface area contributed by atoms with Crippen LogP contribution in [0.4, 0.5) is 9.18 Å². The summed E-state index contributed by atoms with van der Waals surface area (Å²) in [7, 11) is 0. The van der Waals surface area contributed by atoms with E-state index in [2.05, 4.69) is 28.2 Å². The number of nitrogens with zero attached hydrogens (tertiary/aromatic N) is 3. The van der Waals surface area contributed by atoms with Gasteiger partial charge in [-0.25, -0.2) is 9.18 Å². The third-order valence-corrected chi connectivity index (χ3v) is 9.18. The second kappa shape index (κ2) is 11.1. The predicted molar refractivity (Wildman–Crippen MR) is 141 cm³/mol. The number of hydrogen-bond acceptors (Lipinski definition) is 4. The number of rotatable bonds is 7. The Balaban J connectivity index is 1.39. The average molecular weight is 499 g/mol. The van der Waals surface area contributed by atoms with E-state index in [1.807, 2.05) is 6.07 Å². The molecule has 0 radical (unpaired) electrons. The van der Waals surface area contributed by atoms with Gasteiger partial charge in [-0.3, -0.25) is 4.90 Å². The van der Waals surface area contributed by atoms with E-state index in [0.717, 1.165) is 79.6 Å². The van der Waals surface area contributed by atoms with Crippen LogP contribution in [0.2, 0.25) is 0 Å². The Morgan fingerprint density at radius 1 is 1.03 bits per heavy atom. The fourth-order valence-corrected chi connectivity index (χ4v) is 7.10. The van der Waals surface area contributed by atoms with Crippen LogP contribution in [0.15, 0.2) is 18.2 Å². The standard InChI is InChI=1S/C29H43FN4O2/c1-20(2)21-5-8-23(9-6-21)33-15-11-24(12-16-33)34-27-10-7-22(30)17-25(27)26(18-32-13-3-4-14-32)28(34)19-36-29(31)35/h7,10,17,20-21,23-24H,3-6,8-9,11-16,18-19H2,1-2H3,(H2,31,35). The van der Waals surface area contributed by atoms with Gasteiger partial charge in [0, 0.05) is 42.6 Å². The molecule has 0 atom stereocenters. The number of primary amides is 1. The van der Waals surface area contributed by atoms with Crippen LogP contribution in [-0.4, -0.2) is 52.7 Å². The van der Waals surface area contributed by atoms with E-state index in [1.54, 1.807) is 12.1 Å². The largest absolute Gasteiger partial charge is 0.443 e. The first kappa shape index (κ1) is 25.5. The molecular formula is C29H43FN4O2. The summed E-state index contributed by atoms with van der Waals surface area (Å²) in [6.07, 6.45) is 9.06. The Bertz CT molecular complexity index is 1050. The molecule has 0 unspecified atom stereocenters. The minimum Gasteiger partial charge on any atom is -0.443 e. The number of carbonyl (C=O) groups is 1. The van der Waals surface area contributed by atoms with Gasteiger partial charge in [0.05, 0.1) is 5.69 Å². The molecule has 6 nitrogen and oxygen atoms in total. The number of nitrogens with two attached hydrogens (primary N) is 1. The number of carbonyl (C=O) groups excluding carboxylic acids is 1. The van der Waals surface area contributed by atoms with Crippen LogP contribution in [0.1, 0.15) is 82.5 Å². The van der Waals surface area contributed by atoms with E-state index in [4.69, 9.17) is 10.5 Å². The molecule has 3 fully saturated rings. The second-order valence-corrected chi connectivity index (χ2v) is 11.6. The zero-order valence-electron chi connectivity index (χ0n) is 22.1. The first-order chi connectivity index (χ1) is 17.4. The smallest absolute Gasteiger partial charge is 0.404 e. The van der Waals surface area contributed by atoms with Gasteiger partial charge in [0.2, 0.25) is 0 Å². The summed E-state index contributed by atoms with van der Waals surface area (Å²) in [4.78, 5) is 16.7. The summed E-state index contributed by atoms with van der Waals surface area (Å²) in [6.45, 7) is 9.88. The Labute approximate surface area is 214 Å². The van der Waals surface area contributed by atoms with Gasteiger partial charge in [-0.05, 0) is 100 Å². The van der Waals surface area contributed by atoms with Gasteiger partial charge in [0.25, 0.3) is 0 Å². The molecule has 1 aromatic heterocycles. The van der Waals surface area contributed by atoms with Crippen LogP contribution in [0.25, 0.3) is 10.9 Å². The number of amides is 1. The van der Waals surface area contributed by atoms with Gasteiger partial charge in [0.1, 0.15) is 12.4 Å². The molecule has 3 aliphatic rings. The number of piperidine rings is 1. The molecule has 1 aromatic carbocycles. The maximum atomic E-state index is 14.4. The summed E-state index contributed by atoms with van der Waals surface area (Å²) in [5.74, 6) is 1.45. The van der Waals surface area contributed by atoms with Crippen molar-refractivity contribution in [2.24, 2.45) is 17.6 Å². The van der Waals surface area contributed by atoms with Crippen LogP contribution in [0, 0.1) is 17.7 Å². The van der Waals surface area contributed by atoms with E-state index in [1.165, 1.54) is 38.5 Å². The van der Waals surface area contributed by atoms with Gasteiger partial charge in [-0.15, -0.1) is 0 Å². The monoisotopic (exact) mass is 498 g/mol. The molecule has 1 saturated carbocycles. The molecule has 2 aromatic rings. The topological polar surface area (TPSA) is 63.7 Å². The van der Waals surface area contributed by atoms with Crippen LogP contribution in [0.3, 0.4) is 0 Å². The highest BCUT2D eigenvalue weighted by atomic mass is 19.1. The van der Waals surface area contributed by atoms with E-state index in [0.29, 0.717) is 12.1 Å². The van der Waals surface area contributed by atoms with Gasteiger partial charge >= 0.3 is 6.09 Å². The molecule has 5 rings (SSSR count). The summed E-state index contributed by atoms with van der Waals surface area (Å²) in [5, 5.41) is 0.944. The highest BCUT2D eigenvalue weighted by Crippen LogP contribution is 2.38. The Morgan fingerprint density at radius 3 is 2.36 bits per heavy atom. The number of ether oxygens (including phenoxy) is 1. The number of benzene rings is 1. The first-order valence-corrected chi connectivity index (χ1v) is 14.1. The third kappa shape index (κ3) is 5.42. The molecule has 198 valence electrons. The zero-order chi connectivity index (χ0) is 25.2. The van der Waals surface area contributed by atoms with Crippen LogP contribution in [0.5, 0.6) is 0 Å². The van der Waals surface area contributed by atoms with Gasteiger partial charge in [-0.1, -0.05) is 13.8 Å². The zero-order valence-corrected chi connectivity index (χ0v) is 22.1. The van der Waals surface area contributed by atoms with Crippen molar-refractivity contribution in [3.05, 3.63) is 35.3 Å². The van der Waals surface area contributed by atoms with Crippen molar-refractivity contribution in [3.63, 3.8) is 0 Å². The highest BCUT2D eigenvalue weighted by molar-refractivity contribution is 5.86. The molecule has 36 heavy (non-hydrogen) atoms. The molecule has 0 spiro atoms. The molecule has 7 heteroatoms. The van der Waals surface area contributed by atoms with Crippen LogP contribution >= 0.6 is 0 Å². The fourth-order valence-electron chi connectivity index (χ4n) is 7.10. The Hall–Kier alpha value is -2.12. The van der Waals surface area contributed by atoms with Crippen LogP contribution in [-0.2, 0) is 17.9 Å². The SMILES string of the molecule is CC(C)C1CCC(N2CCC(n3c(COC(N)=O)c(CN4CCCC4)c4cc(F)ccc43)CC2)CC1. The van der Waals surface area contributed by atoms with Gasteiger partial charge in [-0.2, -0.15) is 0 Å². The summed E-state index contributed by atoms with van der Waals surface area (Å²) in [6, 6.07) is 6.14. The lowest BCUT2D eigenvalue weighted by molar-refractivity contribution is 0.0875. The van der Waals surface area contributed by atoms with Gasteiger partial charge in [0.15, 0.2) is 0 Å². The summed E-state index contributed by atoms with van der Waals surface area (Å²) >= 11 is 0. The van der Waals surface area contributed by atoms with Crippen molar-refractivity contribution >= 4 is 17.0 Å². The number of hydrogen-bond donors (Lipinski definition) is 1. The lowest BCUT2D eigenvalue weighted by Gasteiger charge is -2.42. The lowest BCUT2D eigenvalue weighted by atomic mass is 9.79. The van der Waals surface area contributed by atoms with Crippen molar-refractivity contribution in [1.82, 2.24) is 14.4 Å². The molecule has 1 aliphatic carbocycles. The van der Waals surface area contributed by atoms with Crippen molar-refractivity contribution in [2.45, 2.75) is 90.4 Å². The molecule has 1 amide bonds. The molecular weight excluding hydrogens is 455 g/mol. The van der Waals surface area contributed by atoms with Crippen LogP contribution < -0.4 is 5.73 Å². The molecule has 2 N–H and O–H groups in total. The Kier molecular flexibility index (Phi) is 7.87. The first-order valence-electron chi connectivity index (χ1n) is 14.1.